The number of aromatic hydroxyl groups is 1. The number of halogens is 1. The van der Waals surface area contributed by atoms with E-state index in [1.165, 1.54) is 6.20 Å². The highest BCUT2D eigenvalue weighted by Gasteiger charge is 2.26. The molecule has 7 nitrogen and oxygen atoms in total. The van der Waals surface area contributed by atoms with Gasteiger partial charge in [-0.1, -0.05) is 12.8 Å². The molecule has 1 fully saturated rings. The predicted octanol–water partition coefficient (Wildman–Crippen LogP) is 2.97. The van der Waals surface area contributed by atoms with Gasteiger partial charge < -0.3 is 21.1 Å². The molecule has 1 aliphatic carbocycles. The third kappa shape index (κ3) is 2.80. The van der Waals surface area contributed by atoms with Crippen LogP contribution in [0.15, 0.2) is 18.6 Å². The molecular formula is C18H23FN6O. The minimum absolute atomic E-state index is 0.0121. The second kappa shape index (κ2) is 6.60. The van der Waals surface area contributed by atoms with Crippen LogP contribution in [0.3, 0.4) is 0 Å². The summed E-state index contributed by atoms with van der Waals surface area (Å²) in [7, 11) is 0. The van der Waals surface area contributed by atoms with Crippen LogP contribution in [0.4, 0.5) is 10.2 Å². The Kier molecular flexibility index (Phi) is 4.28. The number of nitrogens with zero attached hydrogens (tertiary/aromatic N) is 3. The summed E-state index contributed by atoms with van der Waals surface area (Å²) >= 11 is 0. The molecular weight excluding hydrogens is 335 g/mol. The van der Waals surface area contributed by atoms with Gasteiger partial charge in [0.2, 0.25) is 0 Å². The van der Waals surface area contributed by atoms with E-state index in [0.717, 1.165) is 31.2 Å². The van der Waals surface area contributed by atoms with Gasteiger partial charge in [-0.2, -0.15) is 5.10 Å². The largest absolute Gasteiger partial charge is 0.494 e. The molecule has 0 spiro atoms. The average Bonchev–Trinajstić information content (AvgIpc) is 3.27. The minimum Gasteiger partial charge on any atom is -0.494 e. The maximum absolute atomic E-state index is 15.0. The zero-order chi connectivity index (χ0) is 18.3. The monoisotopic (exact) mass is 358 g/mol. The second-order valence-electron chi connectivity index (χ2n) is 6.83. The zero-order valence-corrected chi connectivity index (χ0v) is 14.7. The van der Waals surface area contributed by atoms with Crippen molar-refractivity contribution in [2.75, 3.05) is 5.32 Å². The van der Waals surface area contributed by atoms with E-state index in [0.29, 0.717) is 23.0 Å². The zero-order valence-electron chi connectivity index (χ0n) is 14.7. The van der Waals surface area contributed by atoms with Gasteiger partial charge in [0.15, 0.2) is 17.5 Å². The van der Waals surface area contributed by atoms with Crippen molar-refractivity contribution in [2.24, 2.45) is 5.73 Å². The van der Waals surface area contributed by atoms with Gasteiger partial charge in [-0.25, -0.2) is 9.37 Å². The van der Waals surface area contributed by atoms with Crippen molar-refractivity contribution in [1.82, 2.24) is 19.7 Å². The fourth-order valence-electron chi connectivity index (χ4n) is 3.65. The smallest absolute Gasteiger partial charge is 0.198 e. The van der Waals surface area contributed by atoms with Crippen molar-refractivity contribution >= 4 is 16.6 Å². The van der Waals surface area contributed by atoms with Crippen molar-refractivity contribution in [3.05, 3.63) is 24.4 Å². The molecule has 5 N–H and O–H groups in total. The number of aromatic nitrogens is 4. The summed E-state index contributed by atoms with van der Waals surface area (Å²) in [6, 6.07) is -0.0338. The van der Waals surface area contributed by atoms with Gasteiger partial charge in [0.25, 0.3) is 0 Å². The normalized spacial score (nSPS) is 20.6. The number of hydrogen-bond donors (Lipinski definition) is 4. The van der Waals surface area contributed by atoms with Crippen LogP contribution in [0.5, 0.6) is 5.88 Å². The third-order valence-corrected chi connectivity index (χ3v) is 5.14. The highest BCUT2D eigenvalue weighted by Crippen LogP contribution is 2.37. The molecule has 3 aromatic rings. The number of pyridine rings is 1. The molecule has 0 aromatic carbocycles. The Morgan fingerprint density at radius 2 is 2.23 bits per heavy atom. The Bertz CT molecular complexity index is 933. The van der Waals surface area contributed by atoms with E-state index < -0.39 is 5.82 Å². The van der Waals surface area contributed by atoms with E-state index in [1.54, 1.807) is 10.9 Å². The molecule has 26 heavy (non-hydrogen) atoms. The van der Waals surface area contributed by atoms with Crippen molar-refractivity contribution in [2.45, 2.75) is 51.2 Å². The number of H-pyrrole nitrogens is 1. The molecule has 8 heteroatoms. The number of anilines is 1. The second-order valence-corrected chi connectivity index (χ2v) is 6.83. The first-order valence-electron chi connectivity index (χ1n) is 9.03. The van der Waals surface area contributed by atoms with Crippen LogP contribution >= 0.6 is 0 Å². The Hall–Kier alpha value is -2.61. The fraction of sp³-hybridized carbons (Fsp3) is 0.444. The lowest BCUT2D eigenvalue weighted by Crippen LogP contribution is -2.43. The summed E-state index contributed by atoms with van der Waals surface area (Å²) in [6.07, 6.45) is 8.94. The molecule has 3 aromatic heterocycles. The van der Waals surface area contributed by atoms with E-state index in [4.69, 9.17) is 5.73 Å². The number of hydrogen-bond acceptors (Lipinski definition) is 5. The molecule has 4 rings (SSSR count). The first-order chi connectivity index (χ1) is 12.6. The standard InChI is InChI=1S/C18H23FN6O/c1-2-25-9-10(7-22-25)16-14-11(8-21-18(14)26)15(19)17(24-16)23-13-6-4-3-5-12(13)20/h7-9,12-13,21,23,26H,2-6,20H2,1H3/t12-,13+/m0/s1. The average molecular weight is 358 g/mol. The fourth-order valence-corrected chi connectivity index (χ4v) is 3.65. The maximum Gasteiger partial charge on any atom is 0.198 e. The lowest BCUT2D eigenvalue weighted by Gasteiger charge is -2.30. The molecule has 3 heterocycles. The van der Waals surface area contributed by atoms with E-state index in [9.17, 15) is 5.11 Å². The number of nitrogens with one attached hydrogen (secondary N) is 2. The van der Waals surface area contributed by atoms with Gasteiger partial charge in [-0.3, -0.25) is 4.68 Å². The summed E-state index contributed by atoms with van der Waals surface area (Å²) < 4.78 is 16.8. The number of fused-ring (bicyclic) bond motifs is 1. The van der Waals surface area contributed by atoms with Gasteiger partial charge in [-0.05, 0) is 19.8 Å². The molecule has 0 aliphatic heterocycles. The van der Waals surface area contributed by atoms with Gasteiger partial charge in [0, 0.05) is 42.0 Å². The summed E-state index contributed by atoms with van der Waals surface area (Å²) in [6.45, 7) is 2.70. The number of aryl methyl sites for hydroxylation is 1. The van der Waals surface area contributed by atoms with Crippen molar-refractivity contribution in [3.8, 4) is 17.1 Å². The van der Waals surface area contributed by atoms with Crippen LogP contribution in [0.1, 0.15) is 32.6 Å². The van der Waals surface area contributed by atoms with Gasteiger partial charge >= 0.3 is 0 Å². The molecule has 0 saturated heterocycles. The highest BCUT2D eigenvalue weighted by atomic mass is 19.1. The van der Waals surface area contributed by atoms with Crippen LogP contribution in [0.2, 0.25) is 0 Å². The Morgan fingerprint density at radius 1 is 1.42 bits per heavy atom. The summed E-state index contributed by atoms with van der Waals surface area (Å²) in [5.74, 6) is -0.425. The molecule has 0 unspecified atom stereocenters. The van der Waals surface area contributed by atoms with Crippen LogP contribution in [0.25, 0.3) is 22.0 Å². The SMILES string of the molecule is CCn1cc(-c2nc(N[C@@H]3CCCC[C@@H]3N)c(F)c3c[nH]c(O)c23)cn1. The van der Waals surface area contributed by atoms with Crippen molar-refractivity contribution in [1.29, 1.82) is 0 Å². The molecule has 2 atom stereocenters. The number of nitrogens with two attached hydrogens (primary N) is 1. The van der Waals surface area contributed by atoms with Crippen LogP contribution in [-0.2, 0) is 6.54 Å². The van der Waals surface area contributed by atoms with E-state index in [-0.39, 0.29) is 23.8 Å². The summed E-state index contributed by atoms with van der Waals surface area (Å²) in [5, 5.41) is 18.3. The topological polar surface area (TPSA) is 105 Å². The van der Waals surface area contributed by atoms with Crippen LogP contribution < -0.4 is 11.1 Å². The van der Waals surface area contributed by atoms with Gasteiger partial charge in [0.05, 0.1) is 17.3 Å². The molecule has 1 saturated carbocycles. The number of aromatic amines is 1. The summed E-state index contributed by atoms with van der Waals surface area (Å²) in [4.78, 5) is 7.19. The minimum atomic E-state index is -0.485. The van der Waals surface area contributed by atoms with E-state index in [2.05, 4.69) is 20.4 Å². The Labute approximate surface area is 150 Å². The lowest BCUT2D eigenvalue weighted by atomic mass is 9.91. The Morgan fingerprint density at radius 3 is 2.96 bits per heavy atom. The Balaban J connectivity index is 1.82. The van der Waals surface area contributed by atoms with Crippen molar-refractivity contribution < 1.29 is 9.50 Å². The predicted molar refractivity (Wildman–Crippen MR) is 98.5 cm³/mol. The molecule has 0 amide bonds. The first kappa shape index (κ1) is 16.8. The maximum atomic E-state index is 15.0. The molecule has 0 bridgehead atoms. The van der Waals surface area contributed by atoms with Crippen LogP contribution in [-0.4, -0.2) is 36.9 Å². The van der Waals surface area contributed by atoms with E-state index in [1.807, 2.05) is 13.1 Å². The van der Waals surface area contributed by atoms with Crippen molar-refractivity contribution in [3.63, 3.8) is 0 Å². The highest BCUT2D eigenvalue weighted by molar-refractivity contribution is 6.00. The molecule has 138 valence electrons. The van der Waals surface area contributed by atoms with Gasteiger partial charge in [-0.15, -0.1) is 0 Å². The lowest BCUT2D eigenvalue weighted by molar-refractivity contribution is 0.402. The summed E-state index contributed by atoms with van der Waals surface area (Å²) in [5.41, 5.74) is 7.41. The third-order valence-electron chi connectivity index (χ3n) is 5.14. The molecule has 0 radical (unpaired) electrons. The van der Waals surface area contributed by atoms with E-state index >= 15 is 4.39 Å². The van der Waals surface area contributed by atoms with Crippen LogP contribution in [0, 0.1) is 5.82 Å². The first-order valence-corrected chi connectivity index (χ1v) is 9.03. The quantitative estimate of drug-likeness (QED) is 0.574. The van der Waals surface area contributed by atoms with Gasteiger partial charge in [0.1, 0.15) is 0 Å². The molecule has 1 aliphatic rings. The number of rotatable bonds is 4.